The summed E-state index contributed by atoms with van der Waals surface area (Å²) in [5.74, 6) is -0.969. The number of aryl methyl sites for hydroxylation is 1. The van der Waals surface area contributed by atoms with Crippen LogP contribution in [0, 0.1) is 0 Å². The van der Waals surface area contributed by atoms with Crippen LogP contribution in [0.2, 0.25) is 0 Å². The fourth-order valence-electron chi connectivity index (χ4n) is 4.49. The zero-order valence-corrected chi connectivity index (χ0v) is 20.2. The smallest absolute Gasteiger partial charge is 0.264 e. The molecule has 3 aromatic rings. The third-order valence-electron chi connectivity index (χ3n) is 6.27. The number of anilines is 2. The number of carbonyl (C=O) groups is 3. The summed E-state index contributed by atoms with van der Waals surface area (Å²) in [7, 11) is -2.27. The van der Waals surface area contributed by atoms with Gasteiger partial charge in [0.15, 0.2) is 0 Å². The van der Waals surface area contributed by atoms with Gasteiger partial charge in [-0.1, -0.05) is 12.1 Å². The van der Waals surface area contributed by atoms with Crippen molar-refractivity contribution in [3.8, 4) is 5.75 Å². The molecule has 2 aliphatic rings. The molecule has 0 spiro atoms. The average Bonchev–Trinajstić information content (AvgIpc) is 3.13. The van der Waals surface area contributed by atoms with E-state index in [1.807, 2.05) is 0 Å². The molecule has 0 aromatic heterocycles. The highest BCUT2D eigenvalue weighted by Crippen LogP contribution is 2.34. The van der Waals surface area contributed by atoms with Crippen molar-refractivity contribution in [1.29, 1.82) is 0 Å². The number of carbonyl (C=O) groups excluding carboxylic acids is 3. The fourth-order valence-corrected chi connectivity index (χ4v) is 6.03. The minimum atomic E-state index is -3.78. The molecule has 0 radical (unpaired) electrons. The topological polar surface area (TPSA) is 113 Å². The quantitative estimate of drug-likeness (QED) is 0.515. The van der Waals surface area contributed by atoms with E-state index in [0.717, 1.165) is 10.5 Å². The number of benzene rings is 3. The van der Waals surface area contributed by atoms with E-state index in [1.54, 1.807) is 54.6 Å². The van der Waals surface area contributed by atoms with E-state index in [0.29, 0.717) is 36.5 Å². The molecular formula is C26H23N3O6S. The highest BCUT2D eigenvalue weighted by Gasteiger charge is 2.36. The Morgan fingerprint density at radius 3 is 2.28 bits per heavy atom. The second-order valence-corrected chi connectivity index (χ2v) is 10.4. The Kier molecular flexibility index (Phi) is 5.97. The third kappa shape index (κ3) is 4.09. The first-order chi connectivity index (χ1) is 17.3. The van der Waals surface area contributed by atoms with Gasteiger partial charge in [0.1, 0.15) is 12.3 Å². The van der Waals surface area contributed by atoms with Crippen molar-refractivity contribution in [1.82, 2.24) is 4.90 Å². The van der Waals surface area contributed by atoms with Gasteiger partial charge < -0.3 is 10.1 Å². The molecule has 1 N–H and O–H groups in total. The molecule has 0 aliphatic carbocycles. The predicted molar refractivity (Wildman–Crippen MR) is 133 cm³/mol. The average molecular weight is 506 g/mol. The number of fused-ring (bicyclic) bond motifs is 2. The van der Waals surface area contributed by atoms with Gasteiger partial charge in [0.05, 0.1) is 28.8 Å². The molecule has 2 aliphatic heterocycles. The standard InChI is InChI=1S/C26H23N3O6S/c1-35-19-9-11-20(12-10-19)36(33,34)29-14-4-5-17-15-18(8-13-23(17)29)27-24(30)16-28-25(31)21-6-2-3-7-22(21)26(28)32/h2-3,6-13,15H,4-5,14,16H2,1H3,(H,27,30). The van der Waals surface area contributed by atoms with Crippen molar-refractivity contribution in [3.63, 3.8) is 0 Å². The first kappa shape index (κ1) is 23.6. The number of ether oxygens (including phenoxy) is 1. The molecule has 5 rings (SSSR count). The molecule has 0 bridgehead atoms. The molecule has 9 nitrogen and oxygen atoms in total. The SMILES string of the molecule is COc1ccc(S(=O)(=O)N2CCCc3cc(NC(=O)CN4C(=O)c5ccccc5C4=O)ccc32)cc1. The number of imide groups is 1. The van der Waals surface area contributed by atoms with Crippen molar-refractivity contribution in [3.05, 3.63) is 83.4 Å². The van der Waals surface area contributed by atoms with Crippen LogP contribution in [0.1, 0.15) is 32.7 Å². The summed E-state index contributed by atoms with van der Waals surface area (Å²) in [6.45, 7) is -0.0752. The van der Waals surface area contributed by atoms with E-state index >= 15 is 0 Å². The van der Waals surface area contributed by atoms with Crippen LogP contribution in [-0.2, 0) is 21.2 Å². The minimum Gasteiger partial charge on any atom is -0.497 e. The van der Waals surface area contributed by atoms with E-state index in [1.165, 1.54) is 23.5 Å². The fraction of sp³-hybridized carbons (Fsp3) is 0.192. The lowest BCUT2D eigenvalue weighted by molar-refractivity contribution is -0.116. The maximum Gasteiger partial charge on any atom is 0.264 e. The van der Waals surface area contributed by atoms with Gasteiger partial charge in [-0.2, -0.15) is 0 Å². The Morgan fingerprint density at radius 2 is 1.64 bits per heavy atom. The number of hydrogen-bond donors (Lipinski definition) is 1. The van der Waals surface area contributed by atoms with E-state index in [9.17, 15) is 22.8 Å². The highest BCUT2D eigenvalue weighted by molar-refractivity contribution is 7.92. The van der Waals surface area contributed by atoms with Crippen LogP contribution in [0.15, 0.2) is 71.6 Å². The second kappa shape index (κ2) is 9.12. The number of hydrogen-bond acceptors (Lipinski definition) is 6. The molecule has 3 aromatic carbocycles. The molecule has 3 amide bonds. The normalized spacial score (nSPS) is 14.9. The number of sulfonamides is 1. The molecule has 0 unspecified atom stereocenters. The summed E-state index contributed by atoms with van der Waals surface area (Å²) in [5.41, 5.74) is 2.34. The van der Waals surface area contributed by atoms with Crippen LogP contribution in [0.25, 0.3) is 0 Å². The van der Waals surface area contributed by atoms with Gasteiger partial charge in [-0.25, -0.2) is 8.42 Å². The van der Waals surface area contributed by atoms with Crippen LogP contribution in [-0.4, -0.2) is 51.2 Å². The van der Waals surface area contributed by atoms with Crippen molar-refractivity contribution in [2.75, 3.05) is 29.8 Å². The zero-order valence-electron chi connectivity index (χ0n) is 19.4. The summed E-state index contributed by atoms with van der Waals surface area (Å²) in [5, 5.41) is 2.72. The lowest BCUT2D eigenvalue weighted by Gasteiger charge is -2.31. The molecule has 0 saturated heterocycles. The van der Waals surface area contributed by atoms with Crippen molar-refractivity contribution < 1.29 is 27.5 Å². The van der Waals surface area contributed by atoms with Gasteiger partial charge >= 0.3 is 0 Å². The summed E-state index contributed by atoms with van der Waals surface area (Å²) in [6.07, 6.45) is 1.26. The number of amides is 3. The summed E-state index contributed by atoms with van der Waals surface area (Å²) in [4.78, 5) is 38.8. The molecule has 184 valence electrons. The molecular weight excluding hydrogens is 482 g/mol. The molecule has 2 heterocycles. The van der Waals surface area contributed by atoms with Crippen LogP contribution in [0.5, 0.6) is 5.75 Å². The maximum atomic E-state index is 13.3. The van der Waals surface area contributed by atoms with E-state index in [2.05, 4.69) is 5.32 Å². The summed E-state index contributed by atoms with van der Waals surface area (Å²) in [6, 6.07) is 17.7. The Hall–Kier alpha value is -4.18. The molecule has 0 atom stereocenters. The minimum absolute atomic E-state index is 0.162. The Balaban J connectivity index is 1.32. The van der Waals surface area contributed by atoms with Gasteiger partial charge in [-0.3, -0.25) is 23.6 Å². The predicted octanol–water partition coefficient (Wildman–Crippen LogP) is 3.07. The third-order valence-corrected chi connectivity index (χ3v) is 8.09. The van der Waals surface area contributed by atoms with Crippen molar-refractivity contribution >= 4 is 39.1 Å². The van der Waals surface area contributed by atoms with Gasteiger partial charge in [0, 0.05) is 12.2 Å². The number of nitrogens with one attached hydrogen (secondary N) is 1. The number of methoxy groups -OCH3 is 1. The lowest BCUT2D eigenvalue weighted by atomic mass is 10.0. The molecule has 0 saturated carbocycles. The van der Waals surface area contributed by atoms with E-state index < -0.39 is 34.3 Å². The summed E-state index contributed by atoms with van der Waals surface area (Å²) < 4.78 is 33.1. The Bertz CT molecular complexity index is 1450. The first-order valence-electron chi connectivity index (χ1n) is 11.3. The lowest BCUT2D eigenvalue weighted by Crippen LogP contribution is -2.37. The first-order valence-corrected chi connectivity index (χ1v) is 12.8. The van der Waals surface area contributed by atoms with Crippen molar-refractivity contribution in [2.24, 2.45) is 0 Å². The van der Waals surface area contributed by atoms with Gasteiger partial charge in [0.25, 0.3) is 21.8 Å². The van der Waals surface area contributed by atoms with Crippen LogP contribution in [0.3, 0.4) is 0 Å². The highest BCUT2D eigenvalue weighted by atomic mass is 32.2. The van der Waals surface area contributed by atoms with Crippen LogP contribution in [0.4, 0.5) is 11.4 Å². The Morgan fingerprint density at radius 1 is 0.972 bits per heavy atom. The zero-order chi connectivity index (χ0) is 25.4. The van der Waals surface area contributed by atoms with Crippen molar-refractivity contribution in [2.45, 2.75) is 17.7 Å². The Labute approximate surface area is 208 Å². The van der Waals surface area contributed by atoms with Gasteiger partial charge in [-0.15, -0.1) is 0 Å². The van der Waals surface area contributed by atoms with E-state index in [-0.39, 0.29) is 16.0 Å². The number of rotatable bonds is 6. The molecule has 10 heteroatoms. The monoisotopic (exact) mass is 505 g/mol. The molecule has 0 fully saturated rings. The second-order valence-electron chi connectivity index (χ2n) is 8.49. The largest absolute Gasteiger partial charge is 0.497 e. The van der Waals surface area contributed by atoms with E-state index in [4.69, 9.17) is 4.74 Å². The maximum absolute atomic E-state index is 13.3. The van der Waals surface area contributed by atoms with Gasteiger partial charge in [0.2, 0.25) is 5.91 Å². The number of nitrogens with zero attached hydrogens (tertiary/aromatic N) is 2. The molecule has 36 heavy (non-hydrogen) atoms. The van der Waals surface area contributed by atoms with Gasteiger partial charge in [-0.05, 0) is 73.0 Å². The van der Waals surface area contributed by atoms with Crippen LogP contribution >= 0.6 is 0 Å². The summed E-state index contributed by atoms with van der Waals surface area (Å²) >= 11 is 0. The van der Waals surface area contributed by atoms with Crippen LogP contribution < -0.4 is 14.4 Å².